The Hall–Kier alpha value is -2.15. The summed E-state index contributed by atoms with van der Waals surface area (Å²) in [5.41, 5.74) is 0.589. The molecule has 0 bridgehead atoms. The summed E-state index contributed by atoms with van der Waals surface area (Å²) >= 11 is 0. The smallest absolute Gasteiger partial charge is 0.326 e. The van der Waals surface area contributed by atoms with Crippen molar-refractivity contribution in [2.45, 2.75) is 18.9 Å². The number of amides is 2. The van der Waals surface area contributed by atoms with Gasteiger partial charge in [-0.15, -0.1) is 0 Å². The zero-order valence-electron chi connectivity index (χ0n) is 11.6. The fraction of sp³-hybridized carbons (Fsp3) is 0.462. The van der Waals surface area contributed by atoms with Gasteiger partial charge in [0, 0.05) is 27.0 Å². The van der Waals surface area contributed by atoms with Gasteiger partial charge in [-0.3, -0.25) is 9.88 Å². The zero-order chi connectivity index (χ0) is 15.0. The van der Waals surface area contributed by atoms with Gasteiger partial charge < -0.3 is 15.2 Å². The molecule has 0 aliphatic rings. The molecule has 0 saturated carbocycles. The summed E-state index contributed by atoms with van der Waals surface area (Å²) in [5, 5.41) is 11.6. The Bertz CT molecular complexity index is 439. The van der Waals surface area contributed by atoms with Crippen molar-refractivity contribution in [2.24, 2.45) is 0 Å². The highest BCUT2D eigenvalue weighted by molar-refractivity contribution is 5.93. The molecule has 1 rings (SSSR count). The Kier molecular flexibility index (Phi) is 6.45. The van der Waals surface area contributed by atoms with E-state index in [4.69, 9.17) is 9.84 Å². The highest BCUT2D eigenvalue weighted by atomic mass is 16.5. The molecule has 0 radical (unpaired) electrons. The van der Waals surface area contributed by atoms with E-state index < -0.39 is 18.0 Å². The van der Waals surface area contributed by atoms with Crippen LogP contribution in [0.25, 0.3) is 0 Å². The molecule has 110 valence electrons. The molecule has 2 N–H and O–H groups in total. The Labute approximate surface area is 117 Å². The average Bonchev–Trinajstić information content (AvgIpc) is 2.46. The van der Waals surface area contributed by atoms with Gasteiger partial charge in [-0.25, -0.2) is 9.59 Å². The molecule has 7 heteroatoms. The van der Waals surface area contributed by atoms with Crippen LogP contribution in [0.4, 0.5) is 10.5 Å². The van der Waals surface area contributed by atoms with Crippen LogP contribution >= 0.6 is 0 Å². The minimum Gasteiger partial charge on any atom is -0.480 e. The molecule has 0 aliphatic heterocycles. The van der Waals surface area contributed by atoms with E-state index >= 15 is 0 Å². The number of pyridine rings is 1. The van der Waals surface area contributed by atoms with Crippen LogP contribution in [0.2, 0.25) is 0 Å². The van der Waals surface area contributed by atoms with Gasteiger partial charge in [0.05, 0.1) is 11.9 Å². The molecule has 1 atom stereocenters. The van der Waals surface area contributed by atoms with Gasteiger partial charge in [-0.05, 0) is 25.0 Å². The summed E-state index contributed by atoms with van der Waals surface area (Å²) in [6, 6.07) is 2.00. The number of methoxy groups -OCH3 is 1. The molecule has 2 amide bonds. The lowest BCUT2D eigenvalue weighted by molar-refractivity contribution is -0.139. The van der Waals surface area contributed by atoms with Crippen molar-refractivity contribution in [1.82, 2.24) is 10.3 Å². The summed E-state index contributed by atoms with van der Waals surface area (Å²) in [6.45, 7) is 0.456. The molecule has 0 aliphatic carbocycles. The zero-order valence-corrected chi connectivity index (χ0v) is 11.6. The lowest BCUT2D eigenvalue weighted by atomic mass is 10.1. The van der Waals surface area contributed by atoms with Crippen molar-refractivity contribution >= 4 is 17.7 Å². The number of aromatic nitrogens is 1. The third kappa shape index (κ3) is 4.85. The normalized spacial score (nSPS) is 11.7. The predicted molar refractivity (Wildman–Crippen MR) is 73.7 cm³/mol. The van der Waals surface area contributed by atoms with Crippen molar-refractivity contribution in [3.8, 4) is 0 Å². The SMILES string of the molecule is COCCCC(NC(=O)N(C)c1cccnc1)C(=O)O. The van der Waals surface area contributed by atoms with Gasteiger partial charge in [-0.1, -0.05) is 0 Å². The van der Waals surface area contributed by atoms with E-state index in [9.17, 15) is 9.59 Å². The van der Waals surface area contributed by atoms with Gasteiger partial charge in [0.25, 0.3) is 0 Å². The maximum absolute atomic E-state index is 12.0. The maximum atomic E-state index is 12.0. The Morgan fingerprint density at radius 1 is 1.55 bits per heavy atom. The van der Waals surface area contributed by atoms with Gasteiger partial charge >= 0.3 is 12.0 Å². The van der Waals surface area contributed by atoms with Crippen LogP contribution in [0.15, 0.2) is 24.5 Å². The van der Waals surface area contributed by atoms with E-state index in [0.29, 0.717) is 25.1 Å². The Morgan fingerprint density at radius 2 is 2.30 bits per heavy atom. The molecular weight excluding hydrogens is 262 g/mol. The molecule has 1 aromatic rings. The number of ether oxygens (including phenoxy) is 1. The molecule has 20 heavy (non-hydrogen) atoms. The third-order valence-electron chi connectivity index (χ3n) is 2.77. The fourth-order valence-corrected chi connectivity index (χ4v) is 1.60. The number of nitrogens with zero attached hydrogens (tertiary/aromatic N) is 2. The first kappa shape index (κ1) is 15.9. The maximum Gasteiger partial charge on any atom is 0.326 e. The highest BCUT2D eigenvalue weighted by Crippen LogP contribution is 2.10. The minimum atomic E-state index is -1.06. The molecule has 1 heterocycles. The number of carbonyl (C=O) groups excluding carboxylic acids is 1. The van der Waals surface area contributed by atoms with E-state index in [2.05, 4.69) is 10.3 Å². The van der Waals surface area contributed by atoms with E-state index in [1.54, 1.807) is 32.5 Å². The first-order chi connectivity index (χ1) is 9.56. The van der Waals surface area contributed by atoms with Crippen LogP contribution in [-0.4, -0.2) is 48.9 Å². The first-order valence-electron chi connectivity index (χ1n) is 6.22. The number of hydrogen-bond donors (Lipinski definition) is 2. The predicted octanol–water partition coefficient (Wildman–Crippen LogP) is 1.11. The van der Waals surface area contributed by atoms with Gasteiger partial charge in [0.15, 0.2) is 0 Å². The number of aliphatic carboxylic acids is 1. The van der Waals surface area contributed by atoms with E-state index in [1.807, 2.05) is 0 Å². The van der Waals surface area contributed by atoms with Crippen molar-refractivity contribution in [3.63, 3.8) is 0 Å². The number of nitrogens with one attached hydrogen (secondary N) is 1. The molecule has 0 saturated heterocycles. The van der Waals surface area contributed by atoms with Crippen LogP contribution in [0.1, 0.15) is 12.8 Å². The molecule has 0 spiro atoms. The molecule has 7 nitrogen and oxygen atoms in total. The Balaban J connectivity index is 2.59. The number of anilines is 1. The van der Waals surface area contributed by atoms with Gasteiger partial charge in [0.1, 0.15) is 6.04 Å². The summed E-state index contributed by atoms with van der Waals surface area (Å²) < 4.78 is 4.87. The second-order valence-corrected chi connectivity index (χ2v) is 4.25. The van der Waals surface area contributed by atoms with E-state index in [0.717, 1.165) is 0 Å². The molecule has 1 aromatic heterocycles. The standard InChI is InChI=1S/C13H19N3O4/c1-16(10-5-3-7-14-9-10)13(19)15-11(12(17)18)6-4-8-20-2/h3,5,7,9,11H,4,6,8H2,1-2H3,(H,15,19)(H,17,18). The molecule has 1 unspecified atom stereocenters. The second-order valence-electron chi connectivity index (χ2n) is 4.25. The third-order valence-corrected chi connectivity index (χ3v) is 2.77. The van der Waals surface area contributed by atoms with Crippen molar-refractivity contribution in [2.75, 3.05) is 25.7 Å². The number of hydrogen-bond acceptors (Lipinski definition) is 4. The number of urea groups is 1. The first-order valence-corrected chi connectivity index (χ1v) is 6.22. The van der Waals surface area contributed by atoms with Crippen LogP contribution < -0.4 is 10.2 Å². The van der Waals surface area contributed by atoms with Gasteiger partial charge in [0.2, 0.25) is 0 Å². The van der Waals surface area contributed by atoms with Crippen LogP contribution in [0.3, 0.4) is 0 Å². The average molecular weight is 281 g/mol. The van der Waals surface area contributed by atoms with E-state index in [1.165, 1.54) is 11.1 Å². The van der Waals surface area contributed by atoms with Gasteiger partial charge in [-0.2, -0.15) is 0 Å². The monoisotopic (exact) mass is 281 g/mol. The number of carbonyl (C=O) groups is 2. The summed E-state index contributed by atoms with van der Waals surface area (Å²) in [6.07, 6.45) is 4.00. The molecule has 0 aromatic carbocycles. The van der Waals surface area contributed by atoms with Crippen LogP contribution in [-0.2, 0) is 9.53 Å². The van der Waals surface area contributed by atoms with E-state index in [-0.39, 0.29) is 0 Å². The second kappa shape index (κ2) is 8.11. The molecule has 0 fully saturated rings. The Morgan fingerprint density at radius 3 is 2.85 bits per heavy atom. The fourth-order valence-electron chi connectivity index (χ4n) is 1.60. The van der Waals surface area contributed by atoms with Crippen molar-refractivity contribution < 1.29 is 19.4 Å². The summed E-state index contributed by atoms with van der Waals surface area (Å²) in [4.78, 5) is 28.3. The van der Waals surface area contributed by atoms with Crippen LogP contribution in [0, 0.1) is 0 Å². The summed E-state index contributed by atoms with van der Waals surface area (Å²) in [5.74, 6) is -1.06. The van der Waals surface area contributed by atoms with Crippen molar-refractivity contribution in [3.05, 3.63) is 24.5 Å². The number of rotatable bonds is 7. The highest BCUT2D eigenvalue weighted by Gasteiger charge is 2.21. The number of carboxylic acid groups (broad SMARTS) is 1. The summed E-state index contributed by atoms with van der Waals surface area (Å²) in [7, 11) is 3.10. The van der Waals surface area contributed by atoms with Crippen molar-refractivity contribution in [1.29, 1.82) is 0 Å². The topological polar surface area (TPSA) is 91.8 Å². The lowest BCUT2D eigenvalue weighted by Gasteiger charge is -2.21. The largest absolute Gasteiger partial charge is 0.480 e. The molecular formula is C13H19N3O4. The quantitative estimate of drug-likeness (QED) is 0.730. The minimum absolute atomic E-state index is 0.315. The lowest BCUT2D eigenvalue weighted by Crippen LogP contribution is -2.46. The van der Waals surface area contributed by atoms with Crippen LogP contribution in [0.5, 0.6) is 0 Å². The number of carboxylic acids is 1.